The lowest BCUT2D eigenvalue weighted by Crippen LogP contribution is -2.67. The van der Waals surface area contributed by atoms with Gasteiger partial charge in [0.25, 0.3) is 0 Å². The number of hydrogen-bond acceptors (Lipinski definition) is 26. The minimum atomic E-state index is -5.21. The largest absolute Gasteiger partial charge is 0.458 e. The second kappa shape index (κ2) is 24.1. The number of ether oxygens (including phenoxy) is 10. The first kappa shape index (κ1) is 66.1. The molecule has 9 aliphatic rings. The summed E-state index contributed by atoms with van der Waals surface area (Å²) in [6, 6.07) is 0. The van der Waals surface area contributed by atoms with Crippen LogP contribution in [0.15, 0.2) is 23.8 Å². The van der Waals surface area contributed by atoms with Crippen molar-refractivity contribution in [1.29, 1.82) is 0 Å². The van der Waals surface area contributed by atoms with E-state index in [4.69, 9.17) is 51.9 Å². The van der Waals surface area contributed by atoms with Crippen LogP contribution >= 0.6 is 0 Å². The molecular formula is C54H84O28S2. The van der Waals surface area contributed by atoms with E-state index in [-0.39, 0.29) is 30.0 Å². The van der Waals surface area contributed by atoms with Crippen LogP contribution in [0, 0.1) is 39.4 Å². The number of aliphatic hydroxyl groups excluding tert-OH is 8. The molecule has 5 saturated heterocycles. The average molecular weight is 1250 g/mol. The number of rotatable bonds is 19. The first-order valence-electron chi connectivity index (χ1n) is 28.6. The van der Waals surface area contributed by atoms with Crippen molar-refractivity contribution in [3.63, 3.8) is 0 Å². The van der Waals surface area contributed by atoms with Gasteiger partial charge in [-0.3, -0.25) is 18.7 Å². The van der Waals surface area contributed by atoms with Crippen LogP contribution in [0.3, 0.4) is 0 Å². The fraction of sp³-hybridized carbons (Fsp3) is 0.889. The van der Waals surface area contributed by atoms with Crippen LogP contribution in [-0.4, -0.2) is 234 Å². The van der Waals surface area contributed by atoms with E-state index in [0.717, 1.165) is 25.5 Å². The van der Waals surface area contributed by atoms with Gasteiger partial charge in [-0.15, -0.1) is 6.58 Å². The van der Waals surface area contributed by atoms with E-state index in [1.807, 2.05) is 13.8 Å². The lowest BCUT2D eigenvalue weighted by atomic mass is 9.41. The zero-order valence-electron chi connectivity index (χ0n) is 48.2. The van der Waals surface area contributed by atoms with Gasteiger partial charge in [0.05, 0.1) is 43.4 Å². The molecule has 1 spiro atoms. The molecule has 0 aromatic rings. The van der Waals surface area contributed by atoms with Crippen LogP contribution in [0.1, 0.15) is 106 Å². The highest BCUT2D eigenvalue weighted by atomic mass is 32.3. The van der Waals surface area contributed by atoms with E-state index in [1.54, 1.807) is 0 Å². The molecule has 5 heterocycles. The number of allylic oxidation sites excluding steroid dienone is 3. The van der Waals surface area contributed by atoms with Crippen molar-refractivity contribution in [3.8, 4) is 0 Å². The summed E-state index contributed by atoms with van der Waals surface area (Å²) < 4.78 is 133. The Labute approximate surface area is 487 Å². The summed E-state index contributed by atoms with van der Waals surface area (Å²) in [5.74, 6) is -0.925. The Morgan fingerprint density at radius 1 is 0.702 bits per heavy atom. The molecule has 0 radical (unpaired) electrons. The molecule has 0 aromatic heterocycles. The fourth-order valence-corrected chi connectivity index (χ4v) is 16.7. The molecule has 0 bridgehead atoms. The number of cyclic esters (lactones) is 1. The smallest absolute Gasteiger partial charge is 0.397 e. The van der Waals surface area contributed by atoms with Gasteiger partial charge < -0.3 is 88.2 Å². The van der Waals surface area contributed by atoms with Crippen LogP contribution < -0.4 is 0 Å². The summed E-state index contributed by atoms with van der Waals surface area (Å²) in [5.41, 5.74) is -1.43. The van der Waals surface area contributed by atoms with Gasteiger partial charge in [0, 0.05) is 13.5 Å². The Balaban J connectivity index is 0.906. The Morgan fingerprint density at radius 2 is 1.27 bits per heavy atom. The molecule has 0 amide bonds. The van der Waals surface area contributed by atoms with Crippen molar-refractivity contribution in [3.05, 3.63) is 23.8 Å². The van der Waals surface area contributed by atoms with Crippen LogP contribution in [0.2, 0.25) is 0 Å². The van der Waals surface area contributed by atoms with Gasteiger partial charge in [-0.05, 0) is 100 Å². The van der Waals surface area contributed by atoms with Crippen molar-refractivity contribution in [2.45, 2.75) is 235 Å². The molecule has 3 saturated carbocycles. The summed E-state index contributed by atoms with van der Waals surface area (Å²) >= 11 is 0. The predicted molar refractivity (Wildman–Crippen MR) is 282 cm³/mol. The lowest BCUT2D eigenvalue weighted by Gasteiger charge is -2.63. The molecule has 27 atom stereocenters. The summed E-state index contributed by atoms with van der Waals surface area (Å²) in [7, 11) is -9.14. The highest BCUT2D eigenvalue weighted by Crippen LogP contribution is 2.75. The Bertz CT molecular complexity index is 2690. The van der Waals surface area contributed by atoms with Gasteiger partial charge in [0.1, 0.15) is 96.8 Å². The minimum Gasteiger partial charge on any atom is -0.458 e. The van der Waals surface area contributed by atoms with Crippen LogP contribution in [0.4, 0.5) is 0 Å². The van der Waals surface area contributed by atoms with E-state index in [9.17, 15) is 71.8 Å². The molecule has 30 heteroatoms. The maximum absolute atomic E-state index is 14.4. The first-order chi connectivity index (χ1) is 39.0. The summed E-state index contributed by atoms with van der Waals surface area (Å²) in [6.45, 7) is 15.1. The molecular weight excluding hydrogens is 1160 g/mol. The molecule has 28 nitrogen and oxygen atoms in total. The summed E-state index contributed by atoms with van der Waals surface area (Å²) in [4.78, 5) is 28.7. The number of methoxy groups -OCH3 is 1. The zero-order chi connectivity index (χ0) is 61.8. The number of esters is 1. The average Bonchev–Trinajstić information content (AvgIpc) is 1.46. The summed E-state index contributed by atoms with van der Waals surface area (Å²) in [6.07, 6.45) is -27.6. The van der Waals surface area contributed by atoms with Crippen molar-refractivity contribution in [1.82, 2.24) is 0 Å². The fourth-order valence-electron chi connectivity index (χ4n) is 16.1. The van der Waals surface area contributed by atoms with Crippen LogP contribution in [-0.2, 0) is 86.1 Å². The second-order valence-electron chi connectivity index (χ2n) is 25.9. The van der Waals surface area contributed by atoms with Gasteiger partial charge in [-0.25, -0.2) is 8.37 Å². The van der Waals surface area contributed by atoms with Crippen LogP contribution in [0.5, 0.6) is 0 Å². The van der Waals surface area contributed by atoms with Gasteiger partial charge >= 0.3 is 26.8 Å². The topological polar surface area (TPSA) is 415 Å². The van der Waals surface area contributed by atoms with Gasteiger partial charge in [-0.1, -0.05) is 44.9 Å². The second-order valence-corrected chi connectivity index (χ2v) is 28.0. The Kier molecular flexibility index (Phi) is 19.0. The third-order valence-electron chi connectivity index (χ3n) is 20.3. The van der Waals surface area contributed by atoms with E-state index >= 15 is 0 Å². The quantitative estimate of drug-likeness (QED) is 0.0335. The predicted octanol–water partition coefficient (Wildman–Crippen LogP) is -0.555. The third-order valence-corrected chi connectivity index (χ3v) is 21.1. The van der Waals surface area contributed by atoms with E-state index in [2.05, 4.69) is 48.7 Å². The molecule has 5 aliphatic heterocycles. The van der Waals surface area contributed by atoms with Gasteiger partial charge in [0.2, 0.25) is 0 Å². The molecule has 2 unspecified atom stereocenters. The number of ketones is 1. The highest BCUT2D eigenvalue weighted by Gasteiger charge is 2.79. The van der Waals surface area contributed by atoms with Crippen molar-refractivity contribution in [2.24, 2.45) is 39.4 Å². The van der Waals surface area contributed by atoms with Gasteiger partial charge in [0.15, 0.2) is 25.2 Å². The number of hydrogen-bond donors (Lipinski definition) is 10. The van der Waals surface area contributed by atoms with Crippen molar-refractivity contribution in [2.75, 3.05) is 26.9 Å². The van der Waals surface area contributed by atoms with Crippen LogP contribution in [0.25, 0.3) is 0 Å². The lowest BCUT2D eigenvalue weighted by molar-refractivity contribution is -0.390. The highest BCUT2D eigenvalue weighted by molar-refractivity contribution is 7.81. The zero-order valence-corrected chi connectivity index (χ0v) is 49.8. The Morgan fingerprint density at radius 3 is 1.87 bits per heavy atom. The number of fused-ring (bicyclic) bond motifs is 4. The normalized spacial score (nSPS) is 48.5. The van der Waals surface area contributed by atoms with E-state index in [1.165, 1.54) is 12.5 Å². The molecule has 9 rings (SSSR count). The van der Waals surface area contributed by atoms with E-state index < -0.39 is 197 Å². The Hall–Kier alpha value is -2.32. The number of Topliss-reactive ketones (excluding diaryl/α,β-unsaturated/α-hetero) is 1. The molecule has 4 aliphatic carbocycles. The number of carbonyl (C=O) groups is 2. The third kappa shape index (κ3) is 11.9. The van der Waals surface area contributed by atoms with Gasteiger partial charge in [-0.2, -0.15) is 16.8 Å². The molecule has 8 fully saturated rings. The maximum atomic E-state index is 14.4. The summed E-state index contributed by atoms with van der Waals surface area (Å²) in [5, 5.41) is 90.7. The number of carbonyl (C=O) groups excluding carboxylic acids is 2. The molecule has 10 N–H and O–H groups in total. The first-order valence-corrected chi connectivity index (χ1v) is 31.3. The number of aliphatic hydroxyl groups is 8. The monoisotopic (exact) mass is 1240 g/mol. The SMILES string of the molecule is C=C(C)CCC[C@]1(C)OC(=O)[C@]23CC=C4C(CCC5C(C)(C)[C@@H](O[C@@H]6OC[C@@H](O)[C@H](O)[C@H]6O[C@@H]6O[C@H](COS(=O)(=O)O)[C@@H](O)[C@H](O[C@@H]7O[C@H](C)[C@@H](O[C@@H]8O[C@H](COS(=O)(=O)O)[C@@H](O)[C@H](OC)[C@H]8O)[C@H](O)[C@H]7O)[C@H]6O)CC[C@]45C)[C@]2(C)CC(=O)[C@@H]31. The molecule has 0 aromatic carbocycles. The van der Waals surface area contributed by atoms with Crippen molar-refractivity contribution >= 4 is 32.6 Å². The standard InChI is InChI=1S/C54H84O28S2/c1-23(2)11-10-16-53(8)44-27(55)19-52(7)26-12-13-31-50(4,5)32(15-17-51(31,6)25(26)14-18-54(44,52)49(64)82-53)78-48-43(33(57)28(56)20-72-48)81-47-39(63)42(35(59)30(77-47)22-74-84(68,69)70)80-45-37(61)36(60)40(24(3)75-45)79-46-38(62)41(71-9)34(58)29(76-46)21-73-83(65,66)67/h14,24,26,28-48,56-63H,1,10-13,15-22H2,2-9H3,(H,65,66,67)(H,68,69,70)/t24-,26?,28-,29-,30-,31?,32+,33+,34-,35-,36-,37-,38-,39-,40-,41+,42+,43-,44-,45+,46+,47+,48+,51-,52+,53+,54-/m1/s1. The maximum Gasteiger partial charge on any atom is 0.397 e. The van der Waals surface area contributed by atoms with Crippen molar-refractivity contribution < 1.29 is 132 Å². The minimum absolute atomic E-state index is 0.0256. The molecule has 480 valence electrons. The molecule has 84 heavy (non-hydrogen) atoms. The van der Waals surface area contributed by atoms with E-state index in [0.29, 0.717) is 38.5 Å².